The van der Waals surface area contributed by atoms with E-state index < -0.39 is 16.4 Å². The Bertz CT molecular complexity index is 1580. The van der Waals surface area contributed by atoms with Gasteiger partial charge in [0.15, 0.2) is 0 Å². The van der Waals surface area contributed by atoms with Crippen LogP contribution in [0.3, 0.4) is 0 Å². The molecule has 2 aromatic heterocycles. The van der Waals surface area contributed by atoms with Crippen LogP contribution in [0.2, 0.25) is 5.02 Å². The van der Waals surface area contributed by atoms with Crippen LogP contribution in [0.4, 0.5) is 4.79 Å². The summed E-state index contributed by atoms with van der Waals surface area (Å²) in [6.07, 6.45) is 3.39. The Hall–Kier alpha value is -3.22. The quantitative estimate of drug-likeness (QED) is 0.329. The molecule has 1 unspecified atom stereocenters. The van der Waals surface area contributed by atoms with Gasteiger partial charge in [-0.2, -0.15) is 0 Å². The predicted molar refractivity (Wildman–Crippen MR) is 168 cm³/mol. The van der Waals surface area contributed by atoms with Crippen molar-refractivity contribution in [3.8, 4) is 22.6 Å². The van der Waals surface area contributed by atoms with E-state index in [0.29, 0.717) is 66.3 Å². The van der Waals surface area contributed by atoms with Crippen LogP contribution in [-0.2, 0) is 22.1 Å². The van der Waals surface area contributed by atoms with Crippen molar-refractivity contribution in [2.75, 3.05) is 40.1 Å². The lowest BCUT2D eigenvalue weighted by atomic mass is 10.0. The highest BCUT2D eigenvalue weighted by atomic mass is 35.5. The first-order valence-corrected chi connectivity index (χ1v) is 16.1. The lowest BCUT2D eigenvalue weighted by Crippen LogP contribution is -2.58. The van der Waals surface area contributed by atoms with Crippen LogP contribution in [0.1, 0.15) is 41.0 Å². The molecule has 1 fully saturated rings. The topological polar surface area (TPSA) is 116 Å². The highest BCUT2D eigenvalue weighted by Crippen LogP contribution is 2.38. The van der Waals surface area contributed by atoms with Gasteiger partial charge in [0.2, 0.25) is 5.16 Å². The summed E-state index contributed by atoms with van der Waals surface area (Å²) < 4.78 is 30.3. The van der Waals surface area contributed by atoms with Crippen LogP contribution >= 0.6 is 11.6 Å². The van der Waals surface area contributed by atoms with Crippen LogP contribution in [0.5, 0.6) is 11.5 Å². The number of aromatic nitrogens is 3. The van der Waals surface area contributed by atoms with E-state index in [1.165, 1.54) is 20.5 Å². The third kappa shape index (κ3) is 7.30. The van der Waals surface area contributed by atoms with Crippen LogP contribution in [0.25, 0.3) is 22.2 Å². The van der Waals surface area contributed by atoms with Gasteiger partial charge in [0.05, 0.1) is 30.0 Å². The predicted octanol–water partition coefficient (Wildman–Crippen LogP) is 4.59. The van der Waals surface area contributed by atoms with Crippen molar-refractivity contribution in [2.45, 2.75) is 70.4 Å². The summed E-state index contributed by atoms with van der Waals surface area (Å²) in [7, 11) is 1.60. The Balaban J connectivity index is 1.65. The van der Waals surface area contributed by atoms with Crippen molar-refractivity contribution in [1.29, 1.82) is 0 Å². The molecule has 0 spiro atoms. The number of aryl methyl sites for hydroxylation is 1. The minimum Gasteiger partial charge on any atom is -0.497 e. The van der Waals surface area contributed by atoms with Gasteiger partial charge in [-0.05, 0) is 53.2 Å². The lowest BCUT2D eigenvalue weighted by molar-refractivity contribution is -0.00793. The molecule has 1 amide bonds. The second-order valence-corrected chi connectivity index (χ2v) is 13.4. The van der Waals surface area contributed by atoms with Crippen molar-refractivity contribution in [2.24, 2.45) is 0 Å². The molecule has 43 heavy (non-hydrogen) atoms. The Morgan fingerprint density at radius 3 is 2.33 bits per heavy atom. The first-order chi connectivity index (χ1) is 20.2. The first-order valence-electron chi connectivity index (χ1n) is 14.1. The smallest absolute Gasteiger partial charge is 0.410 e. The zero-order chi connectivity index (χ0) is 31.6. The van der Waals surface area contributed by atoms with Gasteiger partial charge in [0.1, 0.15) is 22.7 Å². The van der Waals surface area contributed by atoms with Gasteiger partial charge in [-0.15, -0.1) is 0 Å². The van der Waals surface area contributed by atoms with Gasteiger partial charge < -0.3 is 19.1 Å². The minimum absolute atomic E-state index is 0.0931. The summed E-state index contributed by atoms with van der Waals surface area (Å²) in [5.74, 6) is 0.868. The molecule has 3 heterocycles. The van der Waals surface area contributed by atoms with Crippen molar-refractivity contribution in [1.82, 2.24) is 24.3 Å². The lowest BCUT2D eigenvalue weighted by Gasteiger charge is -2.44. The molecule has 0 bridgehead atoms. The number of benzene rings is 1. The van der Waals surface area contributed by atoms with Gasteiger partial charge in [0.25, 0.3) is 5.56 Å². The molecule has 234 valence electrons. The average molecular weight is 634 g/mol. The van der Waals surface area contributed by atoms with Crippen LogP contribution in [0, 0.1) is 0 Å². The Morgan fingerprint density at radius 2 is 1.74 bits per heavy atom. The highest BCUT2D eigenvalue weighted by Gasteiger charge is 2.33. The third-order valence-corrected chi connectivity index (χ3v) is 8.47. The molecule has 4 rings (SSSR count). The number of carbonyl (C=O) groups is 1. The molecule has 1 saturated heterocycles. The second-order valence-electron chi connectivity index (χ2n) is 11.8. The fourth-order valence-electron chi connectivity index (χ4n) is 5.40. The molecular formula is C30H40ClN5O6S. The fraction of sp³-hybridized carbons (Fsp3) is 0.533. The molecule has 13 heteroatoms. The van der Waals surface area contributed by atoms with Crippen molar-refractivity contribution in [3.63, 3.8) is 0 Å². The molecule has 0 N–H and O–H groups in total. The molecule has 0 aliphatic carbocycles. The Labute approximate surface area is 259 Å². The summed E-state index contributed by atoms with van der Waals surface area (Å²) in [6, 6.07) is 5.23. The second kappa shape index (κ2) is 13.2. The fourth-order valence-corrected chi connectivity index (χ4v) is 6.11. The van der Waals surface area contributed by atoms with Gasteiger partial charge in [-0.3, -0.25) is 18.5 Å². The summed E-state index contributed by atoms with van der Waals surface area (Å²) in [5, 5.41) is 1.04. The maximum atomic E-state index is 14.1. The maximum absolute atomic E-state index is 14.1. The van der Waals surface area contributed by atoms with E-state index in [1.54, 1.807) is 33.9 Å². The number of halogens is 1. The zero-order valence-corrected chi connectivity index (χ0v) is 27.5. The number of fused-ring (bicyclic) bond motifs is 1. The van der Waals surface area contributed by atoms with Crippen molar-refractivity contribution >= 4 is 39.5 Å². The summed E-state index contributed by atoms with van der Waals surface area (Å²) in [4.78, 5) is 39.6. The first kappa shape index (κ1) is 32.7. The molecule has 3 aromatic rings. The number of carbonyl (C=O) groups excluding carboxylic acids is 1. The summed E-state index contributed by atoms with van der Waals surface area (Å²) in [5.41, 5.74) is 0.348. The summed E-state index contributed by atoms with van der Waals surface area (Å²) in [6.45, 7) is 11.9. The van der Waals surface area contributed by atoms with E-state index in [2.05, 4.69) is 28.7 Å². The number of rotatable bonds is 8. The van der Waals surface area contributed by atoms with Gasteiger partial charge >= 0.3 is 6.09 Å². The molecular weight excluding hydrogens is 594 g/mol. The molecule has 3 atom stereocenters. The third-order valence-electron chi connectivity index (χ3n) is 7.37. The molecule has 1 aliphatic heterocycles. The normalized spacial score (nSPS) is 18.5. The highest BCUT2D eigenvalue weighted by molar-refractivity contribution is 7.84. The number of methoxy groups -OCH3 is 2. The monoisotopic (exact) mass is 633 g/mol. The molecule has 0 radical (unpaired) electrons. The van der Waals surface area contributed by atoms with Crippen LogP contribution < -0.4 is 15.0 Å². The SMILES string of the molecule is COc1cc(OC)c(Cl)c(-c2cc3cnc(S(C)=O)nc3n(CCCN3[C@H](C)CN(C(=O)OC(C)(C)C)C[C@@H]3C)c2=O)c1. The Kier molecular flexibility index (Phi) is 10.0. The van der Waals surface area contributed by atoms with E-state index in [-0.39, 0.29) is 33.9 Å². The number of hydrogen-bond donors (Lipinski definition) is 0. The molecule has 11 nitrogen and oxygen atoms in total. The number of pyridine rings is 1. The van der Waals surface area contributed by atoms with E-state index in [4.69, 9.17) is 25.8 Å². The van der Waals surface area contributed by atoms with E-state index in [0.717, 1.165) is 0 Å². The Morgan fingerprint density at radius 1 is 1.07 bits per heavy atom. The largest absolute Gasteiger partial charge is 0.497 e. The van der Waals surface area contributed by atoms with E-state index >= 15 is 0 Å². The molecule has 1 aromatic carbocycles. The number of amides is 1. The van der Waals surface area contributed by atoms with E-state index in [1.807, 2.05) is 20.8 Å². The van der Waals surface area contributed by atoms with Gasteiger partial charge in [-0.1, -0.05) is 11.6 Å². The van der Waals surface area contributed by atoms with Crippen LogP contribution in [-0.4, -0.2) is 92.4 Å². The minimum atomic E-state index is -1.43. The van der Waals surface area contributed by atoms with Crippen LogP contribution in [0.15, 0.2) is 34.3 Å². The summed E-state index contributed by atoms with van der Waals surface area (Å²) >= 11 is 6.68. The standard InChI is InChI=1S/C30H40ClN5O6S/c1-18-16-34(29(38)42-30(3,4)5)17-19(2)35(18)10-9-11-36-26-20(15-32-28(33-26)43(8)39)12-23(27(36)37)22-13-21(40-6)14-24(41-7)25(22)31/h12-15,18-19H,9-11,16-17H2,1-8H3/t18-,19+,43?. The number of piperazine rings is 1. The number of ether oxygens (including phenoxy) is 3. The number of hydrogen-bond acceptors (Lipinski definition) is 9. The average Bonchev–Trinajstić information content (AvgIpc) is 2.94. The number of nitrogens with zero attached hydrogens (tertiary/aromatic N) is 5. The molecule has 0 saturated carbocycles. The van der Waals surface area contributed by atoms with Gasteiger partial charge in [0, 0.05) is 73.3 Å². The van der Waals surface area contributed by atoms with Crippen molar-refractivity contribution in [3.05, 3.63) is 39.8 Å². The van der Waals surface area contributed by atoms with E-state index in [9.17, 15) is 13.8 Å². The van der Waals surface area contributed by atoms with Gasteiger partial charge in [-0.25, -0.2) is 14.8 Å². The zero-order valence-electron chi connectivity index (χ0n) is 26.0. The van der Waals surface area contributed by atoms with Crippen molar-refractivity contribution < 1.29 is 23.2 Å². The maximum Gasteiger partial charge on any atom is 0.410 e. The molecule has 1 aliphatic rings.